The summed E-state index contributed by atoms with van der Waals surface area (Å²) in [6.07, 6.45) is 6.01. The molecule has 3 N–H and O–H groups in total. The van der Waals surface area contributed by atoms with Crippen LogP contribution in [0.15, 0.2) is 24.4 Å². The molecule has 1 aromatic heterocycles. The van der Waals surface area contributed by atoms with Gasteiger partial charge in [-0.25, -0.2) is 0 Å². The Morgan fingerprint density at radius 1 is 1.32 bits per heavy atom. The molecule has 2 heterocycles. The third kappa shape index (κ3) is 3.06. The van der Waals surface area contributed by atoms with Gasteiger partial charge in [-0.1, -0.05) is 18.6 Å². The van der Waals surface area contributed by atoms with Gasteiger partial charge in [0, 0.05) is 23.0 Å². The van der Waals surface area contributed by atoms with Gasteiger partial charge in [0.2, 0.25) is 0 Å². The minimum atomic E-state index is 0.485. The molecular formula is C19H29N3. The summed E-state index contributed by atoms with van der Waals surface area (Å²) in [4.78, 5) is 6.03. The molecule has 1 aliphatic rings. The van der Waals surface area contributed by atoms with Gasteiger partial charge in [0.15, 0.2) is 0 Å². The topological polar surface area (TPSA) is 45.0 Å². The first-order chi connectivity index (χ1) is 10.7. The second-order valence-electron chi connectivity index (χ2n) is 6.81. The molecule has 22 heavy (non-hydrogen) atoms. The van der Waals surface area contributed by atoms with Crippen LogP contribution in [0.25, 0.3) is 10.9 Å². The number of nitrogens with two attached hydrogens (primary N) is 1. The zero-order valence-electron chi connectivity index (χ0n) is 13.9. The zero-order chi connectivity index (χ0) is 15.5. The van der Waals surface area contributed by atoms with Crippen molar-refractivity contribution < 1.29 is 0 Å². The second kappa shape index (κ2) is 6.84. The number of rotatable bonds is 5. The molecule has 0 aliphatic carbocycles. The maximum Gasteiger partial charge on any atom is 0.0457 e. The minimum absolute atomic E-state index is 0.485. The standard InChI is InChI=1S/C19H29N3/c1-3-8-22-9-6-15(7-10-22)17(12-20)18-13-21-19-5-4-14(2)11-16(18)19/h4-5,11,13,15,17,21H,3,6-10,12,20H2,1-2H3. The molecular weight excluding hydrogens is 270 g/mol. The van der Waals surface area contributed by atoms with E-state index in [-0.39, 0.29) is 0 Å². The highest BCUT2D eigenvalue weighted by Crippen LogP contribution is 2.36. The number of fused-ring (bicyclic) bond motifs is 1. The molecule has 3 rings (SSSR count). The van der Waals surface area contributed by atoms with E-state index < -0.39 is 0 Å². The number of hydrogen-bond donors (Lipinski definition) is 2. The van der Waals surface area contributed by atoms with Crippen LogP contribution in [0, 0.1) is 12.8 Å². The molecule has 1 aliphatic heterocycles. The van der Waals surface area contributed by atoms with Gasteiger partial charge in [-0.3, -0.25) is 0 Å². The summed E-state index contributed by atoms with van der Waals surface area (Å²) >= 11 is 0. The summed E-state index contributed by atoms with van der Waals surface area (Å²) < 4.78 is 0. The van der Waals surface area contributed by atoms with Crippen LogP contribution in [-0.2, 0) is 0 Å². The SMILES string of the molecule is CCCN1CCC(C(CN)c2c[nH]c3ccc(C)cc23)CC1. The largest absolute Gasteiger partial charge is 0.361 e. The van der Waals surface area contributed by atoms with Gasteiger partial charge in [-0.05, 0) is 76.0 Å². The van der Waals surface area contributed by atoms with E-state index in [2.05, 4.69) is 48.1 Å². The number of benzene rings is 1. The molecule has 0 spiro atoms. The van der Waals surface area contributed by atoms with Gasteiger partial charge in [0.05, 0.1) is 0 Å². The normalized spacial score (nSPS) is 18.9. The number of nitrogens with one attached hydrogen (secondary N) is 1. The van der Waals surface area contributed by atoms with Crippen molar-refractivity contribution in [2.24, 2.45) is 11.7 Å². The van der Waals surface area contributed by atoms with E-state index in [1.807, 2.05) is 0 Å². The van der Waals surface area contributed by atoms with Crippen LogP contribution in [0.2, 0.25) is 0 Å². The lowest BCUT2D eigenvalue weighted by molar-refractivity contribution is 0.170. The quantitative estimate of drug-likeness (QED) is 0.885. The van der Waals surface area contributed by atoms with Crippen LogP contribution < -0.4 is 5.73 Å². The Labute approximate surface area is 133 Å². The Morgan fingerprint density at radius 2 is 2.09 bits per heavy atom. The monoisotopic (exact) mass is 299 g/mol. The Morgan fingerprint density at radius 3 is 2.77 bits per heavy atom. The molecule has 3 nitrogen and oxygen atoms in total. The molecule has 120 valence electrons. The lowest BCUT2D eigenvalue weighted by atomic mass is 9.80. The van der Waals surface area contributed by atoms with E-state index in [1.165, 1.54) is 60.9 Å². The Kier molecular flexibility index (Phi) is 4.84. The number of H-pyrrole nitrogens is 1. The van der Waals surface area contributed by atoms with Gasteiger partial charge in [0.1, 0.15) is 0 Å². The molecule has 3 heteroatoms. The third-order valence-electron chi connectivity index (χ3n) is 5.26. The van der Waals surface area contributed by atoms with Gasteiger partial charge in [-0.15, -0.1) is 0 Å². The first-order valence-electron chi connectivity index (χ1n) is 8.73. The molecule has 0 saturated carbocycles. The molecule has 2 aromatic rings. The lowest BCUT2D eigenvalue weighted by Gasteiger charge is -2.35. The summed E-state index contributed by atoms with van der Waals surface area (Å²) in [5.74, 6) is 1.21. The number of nitrogens with zero attached hydrogens (tertiary/aromatic N) is 1. The Balaban J connectivity index is 1.80. The van der Waals surface area contributed by atoms with E-state index in [9.17, 15) is 0 Å². The summed E-state index contributed by atoms with van der Waals surface area (Å²) in [5.41, 5.74) is 10.2. The smallest absolute Gasteiger partial charge is 0.0457 e. The van der Waals surface area contributed by atoms with E-state index in [1.54, 1.807) is 0 Å². The first kappa shape index (κ1) is 15.6. The van der Waals surface area contributed by atoms with E-state index in [4.69, 9.17) is 5.73 Å². The Hall–Kier alpha value is -1.32. The van der Waals surface area contributed by atoms with Gasteiger partial charge in [-0.2, -0.15) is 0 Å². The van der Waals surface area contributed by atoms with Crippen molar-refractivity contribution >= 4 is 10.9 Å². The minimum Gasteiger partial charge on any atom is -0.361 e. The number of aromatic nitrogens is 1. The summed E-state index contributed by atoms with van der Waals surface area (Å²) in [6, 6.07) is 6.66. The molecule has 1 saturated heterocycles. The van der Waals surface area contributed by atoms with Gasteiger partial charge < -0.3 is 15.6 Å². The van der Waals surface area contributed by atoms with Crippen molar-refractivity contribution in [1.29, 1.82) is 0 Å². The van der Waals surface area contributed by atoms with Crippen molar-refractivity contribution in [3.63, 3.8) is 0 Å². The van der Waals surface area contributed by atoms with Crippen molar-refractivity contribution in [3.05, 3.63) is 35.5 Å². The van der Waals surface area contributed by atoms with E-state index >= 15 is 0 Å². The van der Waals surface area contributed by atoms with Crippen molar-refractivity contribution in [1.82, 2.24) is 9.88 Å². The number of piperidine rings is 1. The molecule has 1 unspecified atom stereocenters. The van der Waals surface area contributed by atoms with Gasteiger partial charge >= 0.3 is 0 Å². The number of aryl methyl sites for hydroxylation is 1. The fraction of sp³-hybridized carbons (Fsp3) is 0.579. The van der Waals surface area contributed by atoms with Crippen molar-refractivity contribution in [3.8, 4) is 0 Å². The average Bonchev–Trinajstić information content (AvgIpc) is 2.93. The molecule has 0 radical (unpaired) electrons. The highest BCUT2D eigenvalue weighted by molar-refractivity contribution is 5.84. The van der Waals surface area contributed by atoms with Crippen molar-refractivity contribution in [2.75, 3.05) is 26.2 Å². The maximum absolute atomic E-state index is 6.19. The molecule has 1 aromatic carbocycles. The number of aromatic amines is 1. The maximum atomic E-state index is 6.19. The second-order valence-corrected chi connectivity index (χ2v) is 6.81. The van der Waals surface area contributed by atoms with Crippen LogP contribution >= 0.6 is 0 Å². The van der Waals surface area contributed by atoms with E-state index in [0.717, 1.165) is 12.5 Å². The average molecular weight is 299 g/mol. The zero-order valence-corrected chi connectivity index (χ0v) is 13.9. The highest BCUT2D eigenvalue weighted by atomic mass is 15.1. The first-order valence-corrected chi connectivity index (χ1v) is 8.73. The summed E-state index contributed by atoms with van der Waals surface area (Å²) in [5, 5.41) is 1.37. The molecule has 0 bridgehead atoms. The van der Waals surface area contributed by atoms with Crippen LogP contribution in [0.1, 0.15) is 43.2 Å². The summed E-state index contributed by atoms with van der Waals surface area (Å²) in [6.45, 7) is 8.89. The molecule has 1 atom stereocenters. The number of likely N-dealkylation sites (tertiary alicyclic amines) is 1. The fourth-order valence-electron chi connectivity index (χ4n) is 4.03. The van der Waals surface area contributed by atoms with Gasteiger partial charge in [0.25, 0.3) is 0 Å². The lowest BCUT2D eigenvalue weighted by Crippen LogP contribution is -2.37. The van der Waals surface area contributed by atoms with Crippen LogP contribution in [-0.4, -0.2) is 36.1 Å². The molecule has 0 amide bonds. The van der Waals surface area contributed by atoms with E-state index in [0.29, 0.717) is 5.92 Å². The predicted molar refractivity (Wildman–Crippen MR) is 94.3 cm³/mol. The van der Waals surface area contributed by atoms with Crippen LogP contribution in [0.4, 0.5) is 0 Å². The molecule has 1 fully saturated rings. The summed E-state index contributed by atoms with van der Waals surface area (Å²) in [7, 11) is 0. The predicted octanol–water partition coefficient (Wildman–Crippen LogP) is 3.64. The number of hydrogen-bond acceptors (Lipinski definition) is 2. The third-order valence-corrected chi connectivity index (χ3v) is 5.26. The van der Waals surface area contributed by atoms with Crippen molar-refractivity contribution in [2.45, 2.75) is 39.0 Å². The highest BCUT2D eigenvalue weighted by Gasteiger charge is 2.28. The van der Waals surface area contributed by atoms with Crippen LogP contribution in [0.5, 0.6) is 0 Å². The Bertz CT molecular complexity index is 608. The van der Waals surface area contributed by atoms with Crippen LogP contribution in [0.3, 0.4) is 0 Å². The fourth-order valence-corrected chi connectivity index (χ4v) is 4.03.